The van der Waals surface area contributed by atoms with Crippen molar-refractivity contribution >= 4 is 25.6 Å². The Morgan fingerprint density at radius 1 is 0.621 bits per heavy atom. The maximum atomic E-state index is 10.4. The van der Waals surface area contributed by atoms with Crippen molar-refractivity contribution in [2.45, 2.75) is 13.8 Å². The van der Waals surface area contributed by atoms with Crippen molar-refractivity contribution in [2.75, 3.05) is 0 Å². The Morgan fingerprint density at radius 3 is 1.21 bits per heavy atom. The van der Waals surface area contributed by atoms with E-state index in [0.29, 0.717) is 16.4 Å². The molecule has 3 aromatic carbocycles. The Labute approximate surface area is 170 Å². The van der Waals surface area contributed by atoms with E-state index in [9.17, 15) is 9.59 Å². The second-order valence-corrected chi connectivity index (χ2v) is 6.96. The van der Waals surface area contributed by atoms with E-state index >= 15 is 0 Å². The van der Waals surface area contributed by atoms with Gasteiger partial charge in [0.1, 0.15) is 0 Å². The van der Waals surface area contributed by atoms with Crippen LogP contribution in [0.4, 0.5) is 0 Å². The van der Waals surface area contributed by atoms with Crippen molar-refractivity contribution in [3.63, 3.8) is 0 Å². The lowest BCUT2D eigenvalue weighted by atomic mass is 10.1. The van der Waals surface area contributed by atoms with Crippen molar-refractivity contribution in [2.24, 2.45) is 0 Å². The second kappa shape index (κ2) is 12.4. The fourth-order valence-electron chi connectivity index (χ4n) is 2.19. The summed E-state index contributed by atoms with van der Waals surface area (Å²) < 4.78 is 0. The molecule has 0 aliphatic carbocycles. The van der Waals surface area contributed by atoms with Crippen molar-refractivity contribution < 1.29 is 29.6 Å². The zero-order valence-electron chi connectivity index (χ0n) is 16.1. The molecule has 0 aliphatic heterocycles. The van der Waals surface area contributed by atoms with E-state index < -0.39 is 20.3 Å². The normalized spacial score (nSPS) is 9.55. The monoisotopic (exact) mass is 414 g/mol. The molecule has 0 aliphatic rings. The molecule has 0 aromatic heterocycles. The topological polar surface area (TPSA) is 115 Å². The first-order valence-corrected chi connectivity index (χ1v) is 9.79. The molecular weight excluding hydrogens is 391 g/mol. The Kier molecular flexibility index (Phi) is 10.3. The quantitative estimate of drug-likeness (QED) is 0.482. The summed E-state index contributed by atoms with van der Waals surface area (Å²) in [6.07, 6.45) is 0. The molecule has 3 rings (SSSR count). The first-order valence-electron chi connectivity index (χ1n) is 8.54. The molecule has 3 aromatic rings. The van der Waals surface area contributed by atoms with Crippen LogP contribution in [-0.4, -0.2) is 31.9 Å². The molecule has 0 heterocycles. The van der Waals surface area contributed by atoms with Gasteiger partial charge in [0.2, 0.25) is 0 Å². The van der Waals surface area contributed by atoms with Gasteiger partial charge in [-0.05, 0) is 49.2 Å². The van der Waals surface area contributed by atoms with Crippen LogP contribution in [0.5, 0.6) is 0 Å². The SMILES string of the molecule is Cc1ccccc1C(=O)O.Cc1ccccc1C(=O)O.OP(O)c1ccccc1. The van der Waals surface area contributed by atoms with Crippen LogP contribution in [0.25, 0.3) is 0 Å². The molecule has 4 N–H and O–H groups in total. The number of hydrogen-bond acceptors (Lipinski definition) is 4. The smallest absolute Gasteiger partial charge is 0.335 e. The fraction of sp³-hybridized carbons (Fsp3) is 0.0909. The summed E-state index contributed by atoms with van der Waals surface area (Å²) in [6.45, 7) is 3.56. The predicted octanol–water partition coefficient (Wildman–Crippen LogP) is 3.99. The Morgan fingerprint density at radius 2 is 0.966 bits per heavy atom. The van der Waals surface area contributed by atoms with Crippen LogP contribution in [0.3, 0.4) is 0 Å². The number of aromatic carboxylic acids is 2. The minimum Gasteiger partial charge on any atom is -0.478 e. The molecule has 152 valence electrons. The lowest BCUT2D eigenvalue weighted by Crippen LogP contribution is -1.97. The maximum absolute atomic E-state index is 10.4. The van der Waals surface area contributed by atoms with Gasteiger partial charge in [-0.3, -0.25) is 0 Å². The molecule has 0 spiro atoms. The molecule has 0 unspecified atom stereocenters. The van der Waals surface area contributed by atoms with Crippen LogP contribution >= 0.6 is 8.38 Å². The number of carboxylic acid groups (broad SMARTS) is 2. The van der Waals surface area contributed by atoms with Gasteiger partial charge in [0.15, 0.2) is 8.38 Å². The summed E-state index contributed by atoms with van der Waals surface area (Å²) in [5.41, 5.74) is 2.36. The summed E-state index contributed by atoms with van der Waals surface area (Å²) in [6, 6.07) is 22.6. The third kappa shape index (κ3) is 8.66. The summed E-state index contributed by atoms with van der Waals surface area (Å²) in [5.74, 6) is -1.73. The average Bonchev–Trinajstić information content (AvgIpc) is 2.70. The van der Waals surface area contributed by atoms with E-state index in [1.807, 2.05) is 18.2 Å². The molecule has 0 radical (unpaired) electrons. The summed E-state index contributed by atoms with van der Waals surface area (Å²) >= 11 is 0. The van der Waals surface area contributed by atoms with Crippen molar-refractivity contribution in [3.05, 3.63) is 101 Å². The van der Waals surface area contributed by atoms with E-state index in [1.165, 1.54) is 0 Å². The minimum absolute atomic E-state index is 0.377. The highest BCUT2D eigenvalue weighted by Gasteiger charge is 2.03. The van der Waals surface area contributed by atoms with Crippen LogP contribution in [0.1, 0.15) is 31.8 Å². The minimum atomic E-state index is -1.90. The number of hydrogen-bond donors (Lipinski definition) is 4. The van der Waals surface area contributed by atoms with E-state index in [1.54, 1.807) is 74.5 Å². The number of carbonyl (C=O) groups is 2. The van der Waals surface area contributed by atoms with Gasteiger partial charge in [-0.1, -0.05) is 54.6 Å². The summed E-state index contributed by atoms with van der Waals surface area (Å²) in [5, 5.41) is 17.7. The van der Waals surface area contributed by atoms with Gasteiger partial charge in [-0.2, -0.15) is 0 Å². The second-order valence-electron chi connectivity index (χ2n) is 5.87. The summed E-state index contributed by atoms with van der Waals surface area (Å²) in [4.78, 5) is 38.1. The number of aryl methyl sites for hydroxylation is 2. The molecule has 0 atom stereocenters. The Hall–Kier alpha value is -3.05. The molecule has 0 amide bonds. The third-order valence-electron chi connectivity index (χ3n) is 3.74. The van der Waals surface area contributed by atoms with Gasteiger partial charge >= 0.3 is 11.9 Å². The molecule has 29 heavy (non-hydrogen) atoms. The lowest BCUT2D eigenvalue weighted by molar-refractivity contribution is 0.0685. The molecule has 0 saturated carbocycles. The first-order chi connectivity index (χ1) is 13.7. The highest BCUT2D eigenvalue weighted by atomic mass is 31.2. The highest BCUT2D eigenvalue weighted by molar-refractivity contribution is 7.54. The van der Waals surface area contributed by atoms with E-state index in [-0.39, 0.29) is 0 Å². The molecule has 6 nitrogen and oxygen atoms in total. The number of carboxylic acids is 2. The molecule has 0 fully saturated rings. The van der Waals surface area contributed by atoms with E-state index in [2.05, 4.69) is 0 Å². The average molecular weight is 414 g/mol. The maximum Gasteiger partial charge on any atom is 0.335 e. The third-order valence-corrected chi connectivity index (χ3v) is 4.50. The van der Waals surface area contributed by atoms with Crippen molar-refractivity contribution in [1.82, 2.24) is 0 Å². The zero-order valence-corrected chi connectivity index (χ0v) is 17.0. The van der Waals surface area contributed by atoms with Crippen LogP contribution in [0.2, 0.25) is 0 Å². The van der Waals surface area contributed by atoms with Gasteiger partial charge in [-0.15, -0.1) is 0 Å². The standard InChI is InChI=1S/2C8H8O2.C6H7O2P/c2*1-6-4-2-3-5-7(6)8(9)10;7-9(8)6-4-2-1-3-5-6/h2*2-5H,1H3,(H,9,10);1-5,7-8H. The van der Waals surface area contributed by atoms with Crippen LogP contribution in [-0.2, 0) is 0 Å². The highest BCUT2D eigenvalue weighted by Crippen LogP contribution is 2.20. The van der Waals surface area contributed by atoms with E-state index in [4.69, 9.17) is 20.0 Å². The molecule has 0 saturated heterocycles. The fourth-order valence-corrected chi connectivity index (χ4v) is 2.63. The Balaban J connectivity index is 0.000000218. The molecule has 7 heteroatoms. The molecule has 0 bridgehead atoms. The first kappa shape index (κ1) is 24.0. The van der Waals surface area contributed by atoms with Crippen LogP contribution in [0.15, 0.2) is 78.9 Å². The predicted molar refractivity (Wildman–Crippen MR) is 114 cm³/mol. The van der Waals surface area contributed by atoms with Crippen LogP contribution in [0, 0.1) is 13.8 Å². The molecular formula is C22H23O6P. The van der Waals surface area contributed by atoms with Crippen LogP contribution < -0.4 is 5.30 Å². The van der Waals surface area contributed by atoms with E-state index in [0.717, 1.165) is 11.1 Å². The van der Waals surface area contributed by atoms with Gasteiger partial charge < -0.3 is 20.0 Å². The zero-order chi connectivity index (χ0) is 21.8. The summed E-state index contributed by atoms with van der Waals surface area (Å²) in [7, 11) is -1.90. The lowest BCUT2D eigenvalue weighted by Gasteiger charge is -1.98. The van der Waals surface area contributed by atoms with Gasteiger partial charge in [0.05, 0.1) is 11.1 Å². The van der Waals surface area contributed by atoms with Crippen molar-refractivity contribution in [1.29, 1.82) is 0 Å². The van der Waals surface area contributed by atoms with Gasteiger partial charge in [0, 0.05) is 5.30 Å². The van der Waals surface area contributed by atoms with Gasteiger partial charge in [0.25, 0.3) is 0 Å². The van der Waals surface area contributed by atoms with Gasteiger partial charge in [-0.25, -0.2) is 9.59 Å². The number of benzene rings is 3. The number of rotatable bonds is 3. The van der Waals surface area contributed by atoms with Crippen molar-refractivity contribution in [3.8, 4) is 0 Å². The largest absolute Gasteiger partial charge is 0.478 e. The Bertz CT molecular complexity index is 870.